The van der Waals surface area contributed by atoms with Crippen molar-refractivity contribution in [2.75, 3.05) is 13.1 Å². The maximum Gasteiger partial charge on any atom is 0.0359 e. The Hall–Kier alpha value is -0.800. The summed E-state index contributed by atoms with van der Waals surface area (Å²) >= 11 is 0. The highest BCUT2D eigenvalue weighted by atomic mass is 15.0. The lowest BCUT2D eigenvalue weighted by atomic mass is 10.3. The first-order chi connectivity index (χ1) is 6.88. The van der Waals surface area contributed by atoms with Gasteiger partial charge in [-0.3, -0.25) is 0 Å². The Kier molecular flexibility index (Phi) is 5.33. The van der Waals surface area contributed by atoms with Crippen molar-refractivity contribution in [1.29, 1.82) is 0 Å². The highest BCUT2D eigenvalue weighted by molar-refractivity contribution is 5.06. The summed E-state index contributed by atoms with van der Waals surface area (Å²) in [4.78, 5) is 0. The van der Waals surface area contributed by atoms with Crippen molar-refractivity contribution in [3.05, 3.63) is 24.0 Å². The van der Waals surface area contributed by atoms with Crippen molar-refractivity contribution in [1.82, 2.24) is 9.88 Å². The van der Waals surface area contributed by atoms with Crippen LogP contribution < -0.4 is 11.1 Å². The number of nitrogens with one attached hydrogen (secondary N) is 1. The zero-order valence-electron chi connectivity index (χ0n) is 9.00. The van der Waals surface area contributed by atoms with Gasteiger partial charge in [-0.15, -0.1) is 0 Å². The molecule has 3 heteroatoms. The maximum atomic E-state index is 5.42. The standard InChI is InChI=1S/C11H21N3/c1-2-14-9-5-6-11(14)10-13-8-4-3-7-12/h5-6,9,13H,2-4,7-8,10,12H2,1H3. The predicted octanol–water partition coefficient (Wildman–Crippen LogP) is 1.34. The molecule has 3 N–H and O–H groups in total. The predicted molar refractivity (Wildman–Crippen MR) is 60.1 cm³/mol. The van der Waals surface area contributed by atoms with E-state index in [1.165, 1.54) is 12.1 Å². The summed E-state index contributed by atoms with van der Waals surface area (Å²) in [5.74, 6) is 0. The summed E-state index contributed by atoms with van der Waals surface area (Å²) in [7, 11) is 0. The normalized spacial score (nSPS) is 10.7. The molecule has 0 fully saturated rings. The van der Waals surface area contributed by atoms with Gasteiger partial charge in [-0.1, -0.05) is 0 Å². The van der Waals surface area contributed by atoms with Crippen LogP contribution in [0, 0.1) is 0 Å². The molecule has 1 aromatic heterocycles. The van der Waals surface area contributed by atoms with Crippen molar-refractivity contribution in [3.8, 4) is 0 Å². The topological polar surface area (TPSA) is 43.0 Å². The van der Waals surface area contributed by atoms with E-state index in [-0.39, 0.29) is 0 Å². The van der Waals surface area contributed by atoms with E-state index in [2.05, 4.69) is 35.1 Å². The third-order valence-electron chi connectivity index (χ3n) is 2.38. The van der Waals surface area contributed by atoms with Gasteiger partial charge in [0.25, 0.3) is 0 Å². The second-order valence-electron chi connectivity index (χ2n) is 3.46. The lowest BCUT2D eigenvalue weighted by Crippen LogP contribution is -2.17. The first kappa shape index (κ1) is 11.3. The van der Waals surface area contributed by atoms with Crippen molar-refractivity contribution in [2.24, 2.45) is 5.73 Å². The highest BCUT2D eigenvalue weighted by Crippen LogP contribution is 2.01. The molecule has 0 aliphatic carbocycles. The van der Waals surface area contributed by atoms with E-state index in [4.69, 9.17) is 5.73 Å². The van der Waals surface area contributed by atoms with Crippen molar-refractivity contribution < 1.29 is 0 Å². The fraction of sp³-hybridized carbons (Fsp3) is 0.636. The molecule has 1 rings (SSSR count). The number of hydrogen-bond acceptors (Lipinski definition) is 2. The summed E-state index contributed by atoms with van der Waals surface area (Å²) in [5.41, 5.74) is 6.78. The minimum Gasteiger partial charge on any atom is -0.351 e. The summed E-state index contributed by atoms with van der Waals surface area (Å²) in [6.45, 7) is 6.04. The molecule has 0 aliphatic heterocycles. The second kappa shape index (κ2) is 6.62. The molecule has 1 heterocycles. The van der Waals surface area contributed by atoms with E-state index < -0.39 is 0 Å². The van der Waals surface area contributed by atoms with E-state index >= 15 is 0 Å². The molecule has 14 heavy (non-hydrogen) atoms. The van der Waals surface area contributed by atoms with Crippen LogP contribution in [0.15, 0.2) is 18.3 Å². The molecule has 0 atom stereocenters. The SMILES string of the molecule is CCn1cccc1CNCCCCN. The first-order valence-electron chi connectivity index (χ1n) is 5.43. The molecule has 0 bridgehead atoms. The fourth-order valence-corrected chi connectivity index (χ4v) is 1.53. The Labute approximate surface area is 86.3 Å². The Balaban J connectivity index is 2.17. The van der Waals surface area contributed by atoms with Crippen molar-refractivity contribution >= 4 is 0 Å². The molecule has 0 amide bonds. The average molecular weight is 195 g/mol. The van der Waals surface area contributed by atoms with Gasteiger partial charge in [-0.05, 0) is 45.0 Å². The number of hydrogen-bond donors (Lipinski definition) is 2. The number of unbranched alkanes of at least 4 members (excludes halogenated alkanes) is 1. The molecule has 0 saturated heterocycles. The van der Waals surface area contributed by atoms with Crippen LogP contribution in [-0.2, 0) is 13.1 Å². The van der Waals surface area contributed by atoms with Gasteiger partial charge in [-0.25, -0.2) is 0 Å². The minimum atomic E-state index is 0.799. The summed E-state index contributed by atoms with van der Waals surface area (Å²) < 4.78 is 2.26. The van der Waals surface area contributed by atoms with Crippen LogP contribution in [0.3, 0.4) is 0 Å². The summed E-state index contributed by atoms with van der Waals surface area (Å²) in [6, 6.07) is 4.26. The van der Waals surface area contributed by atoms with Crippen LogP contribution in [0.2, 0.25) is 0 Å². The molecule has 0 unspecified atom stereocenters. The number of nitrogens with two attached hydrogens (primary N) is 1. The van der Waals surface area contributed by atoms with Gasteiger partial charge < -0.3 is 15.6 Å². The van der Waals surface area contributed by atoms with Gasteiger partial charge in [0.1, 0.15) is 0 Å². The lowest BCUT2D eigenvalue weighted by molar-refractivity contribution is 0.597. The molecule has 3 nitrogen and oxygen atoms in total. The van der Waals surface area contributed by atoms with E-state index in [1.807, 2.05) is 0 Å². The van der Waals surface area contributed by atoms with Crippen LogP contribution in [-0.4, -0.2) is 17.7 Å². The van der Waals surface area contributed by atoms with E-state index in [0.29, 0.717) is 0 Å². The molecular weight excluding hydrogens is 174 g/mol. The molecule has 0 radical (unpaired) electrons. The molecule has 80 valence electrons. The number of aryl methyl sites for hydroxylation is 1. The van der Waals surface area contributed by atoms with E-state index in [0.717, 1.165) is 32.6 Å². The first-order valence-corrected chi connectivity index (χ1v) is 5.43. The minimum absolute atomic E-state index is 0.799. The molecule has 0 aromatic carbocycles. The summed E-state index contributed by atoms with van der Waals surface area (Å²) in [5, 5.41) is 3.42. The van der Waals surface area contributed by atoms with Gasteiger partial charge in [-0.2, -0.15) is 0 Å². The van der Waals surface area contributed by atoms with Gasteiger partial charge in [0.05, 0.1) is 0 Å². The van der Waals surface area contributed by atoms with Gasteiger partial charge in [0, 0.05) is 25.0 Å². The molecular formula is C11H21N3. The third-order valence-corrected chi connectivity index (χ3v) is 2.38. The van der Waals surface area contributed by atoms with Gasteiger partial charge in [0.2, 0.25) is 0 Å². The monoisotopic (exact) mass is 195 g/mol. The number of aromatic nitrogens is 1. The van der Waals surface area contributed by atoms with Gasteiger partial charge >= 0.3 is 0 Å². The van der Waals surface area contributed by atoms with Crippen molar-refractivity contribution in [2.45, 2.75) is 32.9 Å². The quantitative estimate of drug-likeness (QED) is 0.645. The van der Waals surface area contributed by atoms with Crippen LogP contribution >= 0.6 is 0 Å². The van der Waals surface area contributed by atoms with Crippen LogP contribution in [0.25, 0.3) is 0 Å². The van der Waals surface area contributed by atoms with E-state index in [1.54, 1.807) is 0 Å². The Morgan fingerprint density at radius 1 is 1.43 bits per heavy atom. The zero-order chi connectivity index (χ0) is 10.2. The molecule has 0 spiro atoms. The fourth-order valence-electron chi connectivity index (χ4n) is 1.53. The number of rotatable bonds is 7. The van der Waals surface area contributed by atoms with Crippen LogP contribution in [0.1, 0.15) is 25.5 Å². The highest BCUT2D eigenvalue weighted by Gasteiger charge is 1.97. The second-order valence-corrected chi connectivity index (χ2v) is 3.46. The van der Waals surface area contributed by atoms with Crippen LogP contribution in [0.5, 0.6) is 0 Å². The zero-order valence-corrected chi connectivity index (χ0v) is 9.00. The average Bonchev–Trinajstić information content (AvgIpc) is 2.65. The lowest BCUT2D eigenvalue weighted by Gasteiger charge is -2.07. The molecule has 0 saturated carbocycles. The van der Waals surface area contributed by atoms with E-state index in [9.17, 15) is 0 Å². The largest absolute Gasteiger partial charge is 0.351 e. The molecule has 1 aromatic rings. The smallest absolute Gasteiger partial charge is 0.0359 e. The number of nitrogens with zero attached hydrogens (tertiary/aromatic N) is 1. The van der Waals surface area contributed by atoms with Crippen LogP contribution in [0.4, 0.5) is 0 Å². The Morgan fingerprint density at radius 2 is 2.29 bits per heavy atom. The Bertz CT molecular complexity index is 242. The van der Waals surface area contributed by atoms with Crippen molar-refractivity contribution in [3.63, 3.8) is 0 Å². The van der Waals surface area contributed by atoms with Gasteiger partial charge in [0.15, 0.2) is 0 Å². The summed E-state index contributed by atoms with van der Waals surface area (Å²) in [6.07, 6.45) is 4.40. The third kappa shape index (κ3) is 3.52. The maximum absolute atomic E-state index is 5.42. The Morgan fingerprint density at radius 3 is 3.00 bits per heavy atom. The molecule has 0 aliphatic rings.